The van der Waals surface area contributed by atoms with Gasteiger partial charge in [-0.15, -0.1) is 0 Å². The van der Waals surface area contributed by atoms with Crippen LogP contribution in [0, 0.1) is 17.5 Å². The number of hydrogen-bond donors (Lipinski definition) is 1. The van der Waals surface area contributed by atoms with E-state index in [0.717, 1.165) is 22.7 Å². The van der Waals surface area contributed by atoms with Crippen molar-refractivity contribution in [1.29, 1.82) is 0 Å². The fourth-order valence-corrected chi connectivity index (χ4v) is 3.36. The van der Waals surface area contributed by atoms with E-state index in [0.29, 0.717) is 11.8 Å². The molecule has 0 amide bonds. The lowest BCUT2D eigenvalue weighted by atomic mass is 10.0. The molecule has 0 aliphatic carbocycles. The molecule has 0 radical (unpaired) electrons. The second-order valence-corrected chi connectivity index (χ2v) is 6.78. The van der Waals surface area contributed by atoms with Gasteiger partial charge in [0.2, 0.25) is 0 Å². The molecular weight excluding hydrogens is 379 g/mol. The smallest absolute Gasteiger partial charge is 0.168 e. The molecule has 0 saturated heterocycles. The highest BCUT2D eigenvalue weighted by molar-refractivity contribution is 5.79. The predicted molar refractivity (Wildman–Crippen MR) is 106 cm³/mol. The molecular formula is C22H18F3N3O. The SMILES string of the molecule is COc1c(F)cc(F)cc1-c1cc(-n2cnc3cc(C(C)N)ccc32)ccc1F. The van der Waals surface area contributed by atoms with Crippen LogP contribution in [-0.4, -0.2) is 16.7 Å². The molecule has 0 saturated carbocycles. The molecule has 7 heteroatoms. The number of aromatic nitrogens is 2. The summed E-state index contributed by atoms with van der Waals surface area (Å²) in [4.78, 5) is 4.39. The number of ether oxygens (including phenoxy) is 1. The average Bonchev–Trinajstić information content (AvgIpc) is 3.11. The molecule has 29 heavy (non-hydrogen) atoms. The fraction of sp³-hybridized carbons (Fsp3) is 0.136. The van der Waals surface area contributed by atoms with Crippen LogP contribution < -0.4 is 10.5 Å². The molecule has 1 aromatic heterocycles. The second kappa shape index (κ2) is 7.25. The molecule has 1 heterocycles. The summed E-state index contributed by atoms with van der Waals surface area (Å²) in [5, 5.41) is 0. The van der Waals surface area contributed by atoms with E-state index in [1.54, 1.807) is 17.0 Å². The standard InChI is InChI=1S/C22H18F3N3O/c1-12(26)13-3-6-21-20(7-13)27-11-28(21)15-4-5-18(24)16(10-15)17-8-14(23)9-19(25)22(17)29-2/h3-12H,26H2,1-2H3. The second-order valence-electron chi connectivity index (χ2n) is 6.78. The van der Waals surface area contributed by atoms with Crippen molar-refractivity contribution in [3.63, 3.8) is 0 Å². The number of hydrogen-bond acceptors (Lipinski definition) is 3. The van der Waals surface area contributed by atoms with Gasteiger partial charge in [-0.3, -0.25) is 4.57 Å². The van der Waals surface area contributed by atoms with E-state index < -0.39 is 17.5 Å². The highest BCUT2D eigenvalue weighted by Crippen LogP contribution is 2.36. The zero-order valence-corrected chi connectivity index (χ0v) is 15.8. The molecule has 4 rings (SSSR count). The highest BCUT2D eigenvalue weighted by atomic mass is 19.1. The Labute approximate surface area is 165 Å². The molecule has 2 N–H and O–H groups in total. The lowest BCUT2D eigenvalue weighted by Gasteiger charge is -2.13. The summed E-state index contributed by atoms with van der Waals surface area (Å²) in [5.74, 6) is -2.57. The van der Waals surface area contributed by atoms with Gasteiger partial charge in [-0.25, -0.2) is 18.2 Å². The molecule has 0 bridgehead atoms. The highest BCUT2D eigenvalue weighted by Gasteiger charge is 2.18. The molecule has 1 unspecified atom stereocenters. The van der Waals surface area contributed by atoms with Crippen LogP contribution in [0.4, 0.5) is 13.2 Å². The van der Waals surface area contributed by atoms with E-state index in [2.05, 4.69) is 4.98 Å². The van der Waals surface area contributed by atoms with Crippen molar-refractivity contribution in [2.45, 2.75) is 13.0 Å². The molecule has 3 aromatic carbocycles. The maximum absolute atomic E-state index is 14.6. The van der Waals surface area contributed by atoms with Gasteiger partial charge >= 0.3 is 0 Å². The van der Waals surface area contributed by atoms with Crippen LogP contribution in [0.15, 0.2) is 54.9 Å². The zero-order chi connectivity index (χ0) is 20.7. The Kier molecular flexibility index (Phi) is 4.76. The third-order valence-electron chi connectivity index (χ3n) is 4.83. The number of fused-ring (bicyclic) bond motifs is 1. The van der Waals surface area contributed by atoms with Crippen molar-refractivity contribution in [3.05, 3.63) is 77.9 Å². The van der Waals surface area contributed by atoms with Crippen LogP contribution >= 0.6 is 0 Å². The molecule has 148 valence electrons. The number of imidazole rings is 1. The van der Waals surface area contributed by atoms with Gasteiger partial charge in [0.1, 0.15) is 18.0 Å². The number of rotatable bonds is 4. The van der Waals surface area contributed by atoms with Crippen LogP contribution in [0.2, 0.25) is 0 Å². The summed E-state index contributed by atoms with van der Waals surface area (Å²) in [5.41, 5.74) is 9.01. The Bertz CT molecular complexity index is 1220. The van der Waals surface area contributed by atoms with Crippen LogP contribution in [0.5, 0.6) is 5.75 Å². The Morgan fingerprint density at radius 2 is 1.76 bits per heavy atom. The molecule has 4 nitrogen and oxygen atoms in total. The van der Waals surface area contributed by atoms with Crippen molar-refractivity contribution in [2.75, 3.05) is 7.11 Å². The minimum atomic E-state index is -0.899. The van der Waals surface area contributed by atoms with E-state index in [9.17, 15) is 13.2 Å². The van der Waals surface area contributed by atoms with Gasteiger partial charge in [-0.05, 0) is 48.9 Å². The largest absolute Gasteiger partial charge is 0.493 e. The Morgan fingerprint density at radius 3 is 2.48 bits per heavy atom. The van der Waals surface area contributed by atoms with Gasteiger partial charge in [-0.2, -0.15) is 0 Å². The van der Waals surface area contributed by atoms with Crippen molar-refractivity contribution in [3.8, 4) is 22.6 Å². The zero-order valence-electron chi connectivity index (χ0n) is 15.8. The van der Waals surface area contributed by atoms with E-state index in [4.69, 9.17) is 10.5 Å². The quantitative estimate of drug-likeness (QED) is 0.519. The minimum Gasteiger partial charge on any atom is -0.493 e. The summed E-state index contributed by atoms with van der Waals surface area (Å²) in [6.45, 7) is 1.88. The van der Waals surface area contributed by atoms with Gasteiger partial charge in [-0.1, -0.05) is 6.07 Å². The average molecular weight is 397 g/mol. The van der Waals surface area contributed by atoms with Crippen molar-refractivity contribution < 1.29 is 17.9 Å². The first-order valence-corrected chi connectivity index (χ1v) is 8.95. The van der Waals surface area contributed by atoms with Gasteiger partial charge in [0.25, 0.3) is 0 Å². The van der Waals surface area contributed by atoms with E-state index in [-0.39, 0.29) is 22.9 Å². The third kappa shape index (κ3) is 3.34. The first-order valence-electron chi connectivity index (χ1n) is 8.95. The van der Waals surface area contributed by atoms with Crippen molar-refractivity contribution in [2.24, 2.45) is 5.73 Å². The lowest BCUT2D eigenvalue weighted by molar-refractivity contribution is 0.385. The summed E-state index contributed by atoms with van der Waals surface area (Å²) in [6, 6.07) is 11.6. The number of benzene rings is 3. The van der Waals surface area contributed by atoms with Gasteiger partial charge in [0, 0.05) is 28.9 Å². The van der Waals surface area contributed by atoms with E-state index in [1.807, 2.05) is 25.1 Å². The minimum absolute atomic E-state index is 0.00647. The maximum atomic E-state index is 14.6. The summed E-state index contributed by atoms with van der Waals surface area (Å²) in [6.07, 6.45) is 1.61. The predicted octanol–water partition coefficient (Wildman–Crippen LogP) is 5.14. The molecule has 0 fully saturated rings. The topological polar surface area (TPSA) is 53.1 Å². The van der Waals surface area contributed by atoms with Crippen LogP contribution in [0.25, 0.3) is 27.8 Å². The first kappa shape index (κ1) is 19.0. The van der Waals surface area contributed by atoms with E-state index >= 15 is 0 Å². The van der Waals surface area contributed by atoms with Crippen molar-refractivity contribution in [1.82, 2.24) is 9.55 Å². The third-order valence-corrected chi connectivity index (χ3v) is 4.83. The summed E-state index contributed by atoms with van der Waals surface area (Å²) >= 11 is 0. The summed E-state index contributed by atoms with van der Waals surface area (Å²) in [7, 11) is 1.25. The molecule has 4 aromatic rings. The van der Waals surface area contributed by atoms with Gasteiger partial charge < -0.3 is 10.5 Å². The lowest BCUT2D eigenvalue weighted by Crippen LogP contribution is -2.04. The van der Waals surface area contributed by atoms with Crippen LogP contribution in [0.3, 0.4) is 0 Å². The Hall–Kier alpha value is -3.32. The fourth-order valence-electron chi connectivity index (χ4n) is 3.36. The molecule has 0 aliphatic rings. The van der Waals surface area contributed by atoms with Crippen LogP contribution in [0.1, 0.15) is 18.5 Å². The first-order chi connectivity index (χ1) is 13.9. The number of halogens is 3. The normalized spacial score (nSPS) is 12.3. The maximum Gasteiger partial charge on any atom is 0.168 e. The Morgan fingerprint density at radius 1 is 0.966 bits per heavy atom. The van der Waals surface area contributed by atoms with E-state index in [1.165, 1.54) is 19.2 Å². The molecule has 0 aliphatic heterocycles. The number of nitrogens with zero attached hydrogens (tertiary/aromatic N) is 2. The van der Waals surface area contributed by atoms with Crippen molar-refractivity contribution >= 4 is 11.0 Å². The van der Waals surface area contributed by atoms with Gasteiger partial charge in [0.15, 0.2) is 11.6 Å². The number of methoxy groups -OCH3 is 1. The monoisotopic (exact) mass is 397 g/mol. The Balaban J connectivity index is 1.88. The summed E-state index contributed by atoms with van der Waals surface area (Å²) < 4.78 is 49.3. The molecule has 0 spiro atoms. The van der Waals surface area contributed by atoms with Gasteiger partial charge in [0.05, 0.1) is 18.1 Å². The molecule has 1 atom stereocenters. The number of nitrogens with two attached hydrogens (primary N) is 1. The van der Waals surface area contributed by atoms with Crippen LogP contribution in [-0.2, 0) is 0 Å².